The molecule has 4 heteroatoms. The van der Waals surface area contributed by atoms with Crippen molar-refractivity contribution >= 4 is 5.91 Å². The number of methoxy groups -OCH3 is 1. The van der Waals surface area contributed by atoms with E-state index in [0.717, 1.165) is 24.2 Å². The summed E-state index contributed by atoms with van der Waals surface area (Å²) in [7, 11) is 3.50. The fourth-order valence-corrected chi connectivity index (χ4v) is 2.76. The van der Waals surface area contributed by atoms with Crippen molar-refractivity contribution in [3.8, 4) is 5.75 Å². The van der Waals surface area contributed by atoms with Crippen molar-refractivity contribution < 1.29 is 14.3 Å². The molecule has 0 aliphatic carbocycles. The average Bonchev–Trinajstić information content (AvgIpc) is 2.70. The molecule has 2 aromatic rings. The van der Waals surface area contributed by atoms with Gasteiger partial charge in [-0.15, -0.1) is 0 Å². The highest BCUT2D eigenvalue weighted by Crippen LogP contribution is 2.22. The largest absolute Gasteiger partial charge is 0.497 e. The summed E-state index contributed by atoms with van der Waals surface area (Å²) in [6.07, 6.45) is 2.15. The summed E-state index contributed by atoms with van der Waals surface area (Å²) in [5.74, 6) is 0.961. The van der Waals surface area contributed by atoms with Crippen LogP contribution in [0.1, 0.15) is 36.9 Å². The van der Waals surface area contributed by atoms with Crippen LogP contribution in [0.3, 0.4) is 0 Å². The summed E-state index contributed by atoms with van der Waals surface area (Å²) in [6.45, 7) is 3.34. The number of benzene rings is 2. The van der Waals surface area contributed by atoms with Crippen molar-refractivity contribution in [2.24, 2.45) is 0 Å². The summed E-state index contributed by atoms with van der Waals surface area (Å²) in [5.41, 5.74) is 2.37. The van der Waals surface area contributed by atoms with E-state index in [0.29, 0.717) is 19.6 Å². The van der Waals surface area contributed by atoms with Crippen LogP contribution in [0.4, 0.5) is 0 Å². The van der Waals surface area contributed by atoms with Gasteiger partial charge in [0.1, 0.15) is 5.75 Å². The van der Waals surface area contributed by atoms with Gasteiger partial charge in [0.15, 0.2) is 0 Å². The highest BCUT2D eigenvalue weighted by atomic mass is 16.5. The van der Waals surface area contributed by atoms with E-state index in [1.807, 2.05) is 56.4 Å². The third-order valence-corrected chi connectivity index (χ3v) is 4.63. The molecule has 0 aliphatic rings. The van der Waals surface area contributed by atoms with Gasteiger partial charge in [-0.1, -0.05) is 42.5 Å². The molecule has 4 nitrogen and oxygen atoms in total. The number of hydrogen-bond donors (Lipinski definition) is 0. The molecule has 140 valence electrons. The fourth-order valence-electron chi connectivity index (χ4n) is 2.76. The van der Waals surface area contributed by atoms with Crippen molar-refractivity contribution in [2.45, 2.75) is 32.2 Å². The van der Waals surface area contributed by atoms with E-state index < -0.39 is 0 Å². The van der Waals surface area contributed by atoms with Crippen molar-refractivity contribution in [1.82, 2.24) is 4.90 Å². The lowest BCUT2D eigenvalue weighted by Gasteiger charge is -2.25. The summed E-state index contributed by atoms with van der Waals surface area (Å²) < 4.78 is 10.8. The van der Waals surface area contributed by atoms with Gasteiger partial charge < -0.3 is 14.4 Å². The van der Waals surface area contributed by atoms with Gasteiger partial charge in [0, 0.05) is 20.1 Å². The topological polar surface area (TPSA) is 38.8 Å². The third-order valence-electron chi connectivity index (χ3n) is 4.63. The van der Waals surface area contributed by atoms with Gasteiger partial charge in [0.25, 0.3) is 0 Å². The number of hydrogen-bond acceptors (Lipinski definition) is 3. The molecule has 26 heavy (non-hydrogen) atoms. The standard InChI is InChI=1S/C22H29NO3/c1-18(20-11-13-21(25-3)14-12-20)23(2)22(24)10-7-16-26-17-15-19-8-5-4-6-9-19/h4-6,8-9,11-14,18H,7,10,15-17H2,1-3H3. The fraction of sp³-hybridized carbons (Fsp3) is 0.409. The van der Waals surface area contributed by atoms with Gasteiger partial charge in [-0.2, -0.15) is 0 Å². The van der Waals surface area contributed by atoms with Crippen LogP contribution < -0.4 is 4.74 Å². The van der Waals surface area contributed by atoms with Crippen molar-refractivity contribution in [3.63, 3.8) is 0 Å². The highest BCUT2D eigenvalue weighted by molar-refractivity contribution is 5.76. The Hall–Kier alpha value is -2.33. The zero-order chi connectivity index (χ0) is 18.8. The second-order valence-corrected chi connectivity index (χ2v) is 6.41. The molecule has 1 atom stereocenters. The van der Waals surface area contributed by atoms with Crippen LogP contribution in [0.25, 0.3) is 0 Å². The predicted octanol–water partition coefficient (Wildman–Crippen LogP) is 4.25. The highest BCUT2D eigenvalue weighted by Gasteiger charge is 2.17. The summed E-state index contributed by atoms with van der Waals surface area (Å²) in [6, 6.07) is 18.2. The number of carbonyl (C=O) groups is 1. The smallest absolute Gasteiger partial charge is 0.222 e. The molecule has 0 heterocycles. The van der Waals surface area contributed by atoms with Gasteiger partial charge in [-0.05, 0) is 43.0 Å². The molecule has 0 aromatic heterocycles. The zero-order valence-electron chi connectivity index (χ0n) is 16.0. The quantitative estimate of drug-likeness (QED) is 0.598. The van der Waals surface area contributed by atoms with Gasteiger partial charge >= 0.3 is 0 Å². The number of ether oxygens (including phenoxy) is 2. The Morgan fingerprint density at radius 1 is 1.04 bits per heavy atom. The normalized spacial score (nSPS) is 11.8. The van der Waals surface area contributed by atoms with Crippen LogP contribution in [0, 0.1) is 0 Å². The zero-order valence-corrected chi connectivity index (χ0v) is 16.0. The molecule has 0 N–H and O–H groups in total. The van der Waals surface area contributed by atoms with Crippen LogP contribution in [-0.4, -0.2) is 38.2 Å². The minimum absolute atomic E-state index is 0.0346. The minimum Gasteiger partial charge on any atom is -0.497 e. The van der Waals surface area contributed by atoms with Crippen molar-refractivity contribution in [3.05, 3.63) is 65.7 Å². The van der Waals surface area contributed by atoms with E-state index >= 15 is 0 Å². The number of amides is 1. The molecule has 0 aliphatic heterocycles. The van der Waals surface area contributed by atoms with Gasteiger partial charge in [-0.25, -0.2) is 0 Å². The number of carbonyl (C=O) groups excluding carboxylic acids is 1. The molecule has 1 unspecified atom stereocenters. The van der Waals surface area contributed by atoms with Gasteiger partial charge in [0.2, 0.25) is 5.91 Å². The summed E-state index contributed by atoms with van der Waals surface area (Å²) in [5, 5.41) is 0. The first-order valence-corrected chi connectivity index (χ1v) is 9.13. The molecule has 2 aromatic carbocycles. The maximum atomic E-state index is 12.4. The first kappa shape index (κ1) is 20.0. The molecule has 0 saturated carbocycles. The Morgan fingerprint density at radius 3 is 2.38 bits per heavy atom. The molecule has 0 fully saturated rings. The molecule has 0 spiro atoms. The van der Waals surface area contributed by atoms with Crippen LogP contribution in [-0.2, 0) is 16.0 Å². The van der Waals surface area contributed by atoms with Crippen LogP contribution >= 0.6 is 0 Å². The van der Waals surface area contributed by atoms with E-state index in [1.54, 1.807) is 12.0 Å². The predicted molar refractivity (Wildman–Crippen MR) is 104 cm³/mol. The molecule has 0 bridgehead atoms. The number of nitrogens with zero attached hydrogens (tertiary/aromatic N) is 1. The second-order valence-electron chi connectivity index (χ2n) is 6.41. The molecular formula is C22H29NO3. The Labute approximate surface area is 156 Å². The van der Waals surface area contributed by atoms with E-state index in [-0.39, 0.29) is 11.9 Å². The van der Waals surface area contributed by atoms with Crippen molar-refractivity contribution in [2.75, 3.05) is 27.4 Å². The molecule has 0 radical (unpaired) electrons. The van der Waals surface area contributed by atoms with E-state index in [4.69, 9.17) is 9.47 Å². The summed E-state index contributed by atoms with van der Waals surface area (Å²) >= 11 is 0. The van der Waals surface area contributed by atoms with Crippen LogP contribution in [0.2, 0.25) is 0 Å². The van der Waals surface area contributed by atoms with E-state index in [9.17, 15) is 4.79 Å². The van der Waals surface area contributed by atoms with Gasteiger partial charge in [0.05, 0.1) is 19.8 Å². The van der Waals surface area contributed by atoms with Crippen LogP contribution in [0.5, 0.6) is 5.75 Å². The maximum Gasteiger partial charge on any atom is 0.222 e. The van der Waals surface area contributed by atoms with Crippen LogP contribution in [0.15, 0.2) is 54.6 Å². The maximum absolute atomic E-state index is 12.4. The van der Waals surface area contributed by atoms with Gasteiger partial charge in [-0.3, -0.25) is 4.79 Å². The van der Waals surface area contributed by atoms with E-state index in [2.05, 4.69) is 12.1 Å². The minimum atomic E-state index is 0.0346. The molecule has 0 saturated heterocycles. The lowest BCUT2D eigenvalue weighted by atomic mass is 10.1. The average molecular weight is 355 g/mol. The Kier molecular flexibility index (Phi) is 8.16. The molecule has 1 amide bonds. The first-order chi connectivity index (χ1) is 12.6. The Balaban J connectivity index is 1.66. The molecular weight excluding hydrogens is 326 g/mol. The number of rotatable bonds is 10. The van der Waals surface area contributed by atoms with Crippen molar-refractivity contribution in [1.29, 1.82) is 0 Å². The molecule has 2 rings (SSSR count). The SMILES string of the molecule is COc1ccc(C(C)N(C)C(=O)CCCOCCc2ccccc2)cc1. The lowest BCUT2D eigenvalue weighted by Crippen LogP contribution is -2.29. The second kappa shape index (κ2) is 10.6. The Morgan fingerprint density at radius 2 is 1.73 bits per heavy atom. The monoisotopic (exact) mass is 355 g/mol. The third kappa shape index (κ3) is 6.19. The Bertz CT molecular complexity index is 655. The van der Waals surface area contributed by atoms with E-state index in [1.165, 1.54) is 5.56 Å². The first-order valence-electron chi connectivity index (χ1n) is 9.13. The summed E-state index contributed by atoms with van der Waals surface area (Å²) in [4.78, 5) is 14.2. The lowest BCUT2D eigenvalue weighted by molar-refractivity contribution is -0.132.